The van der Waals surface area contributed by atoms with Crippen LogP contribution in [0.15, 0.2) is 29.3 Å². The SMILES string of the molecule is CNC1=[N+](Cc2cccc(C)c2)C2C(=O)N(C)C(=O)N(C)C2=N1. The molecule has 2 aliphatic rings. The molecule has 1 saturated heterocycles. The summed E-state index contributed by atoms with van der Waals surface area (Å²) >= 11 is 0. The van der Waals surface area contributed by atoms with Crippen LogP contribution in [-0.4, -0.2) is 65.3 Å². The lowest BCUT2D eigenvalue weighted by molar-refractivity contribution is -0.552. The summed E-state index contributed by atoms with van der Waals surface area (Å²) in [5, 5.41) is 3.02. The number of carbonyl (C=O) groups is 2. The van der Waals surface area contributed by atoms with Crippen LogP contribution in [0.25, 0.3) is 0 Å². The molecular formula is C16H20N5O2+. The molecule has 1 N–H and O–H groups in total. The number of nitrogens with zero attached hydrogens (tertiary/aromatic N) is 4. The standard InChI is InChI=1S/C16H19N5O2/c1-10-6-5-7-11(8-10)9-21-12-13(18-15(21)17-2)19(3)16(23)20(4)14(12)22/h5-8,12H,9H2,1-4H3/p+1. The monoisotopic (exact) mass is 314 g/mol. The van der Waals surface area contributed by atoms with Crippen molar-refractivity contribution in [1.29, 1.82) is 0 Å². The van der Waals surface area contributed by atoms with Crippen LogP contribution in [-0.2, 0) is 11.3 Å². The number of aryl methyl sites for hydroxylation is 1. The van der Waals surface area contributed by atoms with Gasteiger partial charge in [-0.3, -0.25) is 19.9 Å². The Morgan fingerprint density at radius 2 is 2.00 bits per heavy atom. The molecule has 120 valence electrons. The molecule has 0 aromatic heterocycles. The van der Waals surface area contributed by atoms with Crippen molar-refractivity contribution in [2.75, 3.05) is 21.1 Å². The highest BCUT2D eigenvalue weighted by molar-refractivity contribution is 6.22. The number of likely N-dealkylation sites (N-methyl/N-ethyl adjacent to an activating group) is 2. The topological polar surface area (TPSA) is 68.0 Å². The van der Waals surface area contributed by atoms with Crippen molar-refractivity contribution in [2.24, 2.45) is 4.99 Å². The fourth-order valence-corrected chi connectivity index (χ4v) is 2.97. The summed E-state index contributed by atoms with van der Waals surface area (Å²) in [5.41, 5.74) is 2.25. The van der Waals surface area contributed by atoms with Crippen LogP contribution in [0.4, 0.5) is 4.79 Å². The largest absolute Gasteiger partial charge is 0.390 e. The summed E-state index contributed by atoms with van der Waals surface area (Å²) in [6.45, 7) is 2.57. The van der Waals surface area contributed by atoms with E-state index in [1.54, 1.807) is 14.1 Å². The molecule has 1 unspecified atom stereocenters. The van der Waals surface area contributed by atoms with E-state index >= 15 is 0 Å². The summed E-state index contributed by atoms with van der Waals surface area (Å²) in [4.78, 5) is 31.7. The number of amides is 3. The van der Waals surface area contributed by atoms with Gasteiger partial charge in [0.05, 0.1) is 13.6 Å². The highest BCUT2D eigenvalue weighted by atomic mass is 16.2. The van der Waals surface area contributed by atoms with Gasteiger partial charge in [-0.15, -0.1) is 0 Å². The first-order chi connectivity index (χ1) is 10.9. The zero-order chi connectivity index (χ0) is 16.7. The van der Waals surface area contributed by atoms with E-state index < -0.39 is 6.04 Å². The molecule has 2 aliphatic heterocycles. The minimum atomic E-state index is -0.578. The number of rotatable bonds is 2. The molecule has 7 heteroatoms. The van der Waals surface area contributed by atoms with Crippen molar-refractivity contribution in [3.8, 4) is 0 Å². The van der Waals surface area contributed by atoms with Gasteiger partial charge in [-0.2, -0.15) is 0 Å². The van der Waals surface area contributed by atoms with Gasteiger partial charge in [0, 0.05) is 14.1 Å². The summed E-state index contributed by atoms with van der Waals surface area (Å²) in [5.74, 6) is 0.801. The molecule has 0 spiro atoms. The average Bonchev–Trinajstić information content (AvgIpc) is 2.89. The van der Waals surface area contributed by atoms with Crippen LogP contribution in [0.5, 0.6) is 0 Å². The van der Waals surface area contributed by atoms with E-state index in [4.69, 9.17) is 0 Å². The van der Waals surface area contributed by atoms with Crippen molar-refractivity contribution in [3.05, 3.63) is 35.4 Å². The van der Waals surface area contributed by atoms with Gasteiger partial charge in [-0.05, 0) is 12.5 Å². The second kappa shape index (κ2) is 5.49. The molecule has 1 aromatic carbocycles. The lowest BCUT2D eigenvalue weighted by Crippen LogP contribution is -2.61. The van der Waals surface area contributed by atoms with E-state index in [2.05, 4.69) is 16.4 Å². The Balaban J connectivity index is 2.00. The van der Waals surface area contributed by atoms with Crippen molar-refractivity contribution >= 4 is 23.7 Å². The molecule has 1 fully saturated rings. The number of hydrogen-bond acceptors (Lipinski definition) is 4. The maximum Gasteiger partial charge on any atom is 0.390 e. The van der Waals surface area contributed by atoms with Crippen molar-refractivity contribution in [1.82, 2.24) is 15.1 Å². The molecule has 0 radical (unpaired) electrons. The van der Waals surface area contributed by atoms with E-state index in [1.165, 1.54) is 11.9 Å². The van der Waals surface area contributed by atoms with E-state index in [9.17, 15) is 9.59 Å². The molecule has 0 saturated carbocycles. The maximum atomic E-state index is 12.6. The summed E-state index contributed by atoms with van der Waals surface area (Å²) in [7, 11) is 4.90. The van der Waals surface area contributed by atoms with Crippen molar-refractivity contribution in [3.63, 3.8) is 0 Å². The van der Waals surface area contributed by atoms with Gasteiger partial charge in [0.15, 0.2) is 0 Å². The fraction of sp³-hybridized carbons (Fsp3) is 0.375. The molecule has 7 nitrogen and oxygen atoms in total. The third-order valence-corrected chi connectivity index (χ3v) is 4.19. The third kappa shape index (κ3) is 2.38. The first kappa shape index (κ1) is 15.2. The maximum absolute atomic E-state index is 12.6. The van der Waals surface area contributed by atoms with Crippen LogP contribution in [0, 0.1) is 6.92 Å². The molecule has 1 atom stereocenters. The number of aliphatic imine (C=N–C) groups is 1. The summed E-state index contributed by atoms with van der Waals surface area (Å²) < 4.78 is 1.89. The number of carbonyl (C=O) groups excluding carboxylic acids is 2. The second-order valence-corrected chi connectivity index (χ2v) is 5.80. The Bertz CT molecular complexity index is 753. The van der Waals surface area contributed by atoms with Gasteiger partial charge in [-0.1, -0.05) is 34.8 Å². The predicted octanol–water partition coefficient (Wildman–Crippen LogP) is 0.387. The zero-order valence-corrected chi connectivity index (χ0v) is 13.7. The van der Waals surface area contributed by atoms with Crippen LogP contribution >= 0.6 is 0 Å². The summed E-state index contributed by atoms with van der Waals surface area (Å²) in [6.07, 6.45) is 0. The molecule has 0 bridgehead atoms. The highest BCUT2D eigenvalue weighted by Crippen LogP contribution is 2.20. The number of imide groups is 1. The number of amidine groups is 1. The van der Waals surface area contributed by atoms with Gasteiger partial charge in [0.2, 0.25) is 11.9 Å². The highest BCUT2D eigenvalue weighted by Gasteiger charge is 2.51. The van der Waals surface area contributed by atoms with E-state index in [0.717, 1.165) is 16.0 Å². The first-order valence-electron chi connectivity index (χ1n) is 7.44. The van der Waals surface area contributed by atoms with Crippen LogP contribution < -0.4 is 5.32 Å². The number of urea groups is 1. The van der Waals surface area contributed by atoms with Gasteiger partial charge < -0.3 is 0 Å². The fourth-order valence-electron chi connectivity index (χ4n) is 2.97. The Hall–Kier alpha value is -2.70. The third-order valence-electron chi connectivity index (χ3n) is 4.19. The lowest BCUT2D eigenvalue weighted by Gasteiger charge is -2.31. The molecule has 3 rings (SSSR count). The number of fused-ring (bicyclic) bond motifs is 1. The van der Waals surface area contributed by atoms with Gasteiger partial charge in [-0.25, -0.2) is 9.37 Å². The Morgan fingerprint density at radius 1 is 1.26 bits per heavy atom. The molecular weight excluding hydrogens is 294 g/mol. The normalized spacial score (nSPS) is 20.9. The van der Waals surface area contributed by atoms with Crippen molar-refractivity contribution in [2.45, 2.75) is 19.5 Å². The number of benzene rings is 1. The second-order valence-electron chi connectivity index (χ2n) is 5.80. The van der Waals surface area contributed by atoms with E-state index in [1.807, 2.05) is 29.7 Å². The lowest BCUT2D eigenvalue weighted by atomic mass is 10.1. The van der Waals surface area contributed by atoms with E-state index in [-0.39, 0.29) is 11.9 Å². The Kier molecular flexibility index (Phi) is 3.63. The van der Waals surface area contributed by atoms with Crippen molar-refractivity contribution < 1.29 is 14.2 Å². The minimum absolute atomic E-state index is 0.259. The first-order valence-corrected chi connectivity index (χ1v) is 7.44. The van der Waals surface area contributed by atoms with Gasteiger partial charge in [0.1, 0.15) is 0 Å². The number of guanidine groups is 1. The Morgan fingerprint density at radius 3 is 2.65 bits per heavy atom. The quantitative estimate of drug-likeness (QED) is 0.803. The van der Waals surface area contributed by atoms with Crippen LogP contribution in [0.3, 0.4) is 0 Å². The van der Waals surface area contributed by atoms with E-state index in [0.29, 0.717) is 18.3 Å². The number of nitrogens with one attached hydrogen (secondary N) is 1. The van der Waals surface area contributed by atoms with Gasteiger partial charge >= 0.3 is 12.0 Å². The average molecular weight is 314 g/mol. The molecule has 0 aliphatic carbocycles. The Labute approximate surface area is 134 Å². The molecule has 2 heterocycles. The predicted molar refractivity (Wildman–Crippen MR) is 86.4 cm³/mol. The van der Waals surface area contributed by atoms with Crippen LogP contribution in [0.2, 0.25) is 0 Å². The molecule has 3 amide bonds. The zero-order valence-electron chi connectivity index (χ0n) is 13.7. The number of hydrogen-bond donors (Lipinski definition) is 1. The molecule has 1 aromatic rings. The van der Waals surface area contributed by atoms with Gasteiger partial charge in [0.25, 0.3) is 5.91 Å². The minimum Gasteiger partial charge on any atom is -0.277 e. The smallest absolute Gasteiger partial charge is 0.277 e. The van der Waals surface area contributed by atoms with Crippen LogP contribution in [0.1, 0.15) is 11.1 Å². The molecule has 23 heavy (non-hydrogen) atoms. The summed E-state index contributed by atoms with van der Waals surface area (Å²) in [6, 6.07) is 7.18.